The van der Waals surface area contributed by atoms with Crippen molar-refractivity contribution >= 4 is 29.1 Å². The van der Waals surface area contributed by atoms with Gasteiger partial charge in [0.05, 0.1) is 24.1 Å². The van der Waals surface area contributed by atoms with Crippen molar-refractivity contribution in [1.29, 1.82) is 0 Å². The van der Waals surface area contributed by atoms with E-state index in [-0.39, 0.29) is 17.6 Å². The van der Waals surface area contributed by atoms with Crippen molar-refractivity contribution in [3.05, 3.63) is 113 Å². The summed E-state index contributed by atoms with van der Waals surface area (Å²) in [6.45, 7) is 4.00. The number of carbonyl (C=O) groups is 2. The molecule has 1 fully saturated rings. The highest BCUT2D eigenvalue weighted by molar-refractivity contribution is 6.32. The van der Waals surface area contributed by atoms with Crippen molar-refractivity contribution in [2.45, 2.75) is 17.8 Å². The van der Waals surface area contributed by atoms with Crippen LogP contribution in [0.5, 0.6) is 11.5 Å². The Morgan fingerprint density at radius 3 is 2.54 bits per heavy atom. The van der Waals surface area contributed by atoms with E-state index < -0.39 is 17.3 Å². The van der Waals surface area contributed by atoms with E-state index >= 15 is 0 Å². The van der Waals surface area contributed by atoms with Gasteiger partial charge in [0.15, 0.2) is 0 Å². The van der Waals surface area contributed by atoms with E-state index in [0.29, 0.717) is 34.0 Å². The van der Waals surface area contributed by atoms with E-state index in [1.165, 1.54) is 4.90 Å². The lowest BCUT2D eigenvalue weighted by atomic mass is 9.56. The standard InChI is InChI=1S/C29H24ClNO4/c1-3-18-12-14-24-27(33)31(21-11-7-10-20(30)16-21)28(34)29(24,19-8-5-4-6-9-19)26(18)23-17-22(35-2)13-15-25(23)32/h3-13,15-17,24,26,32H,1,14H2,2H3/t24-,26+,29+/m0/s1. The Morgan fingerprint density at radius 2 is 1.86 bits per heavy atom. The number of imide groups is 1. The van der Waals surface area contributed by atoms with Gasteiger partial charge in [0.25, 0.3) is 0 Å². The number of amides is 2. The van der Waals surface area contributed by atoms with E-state index in [1.54, 1.807) is 55.7 Å². The highest BCUT2D eigenvalue weighted by Crippen LogP contribution is 2.59. The number of phenols is 1. The summed E-state index contributed by atoms with van der Waals surface area (Å²) in [7, 11) is 1.54. The Hall–Kier alpha value is -3.83. The molecule has 35 heavy (non-hydrogen) atoms. The molecule has 1 aliphatic carbocycles. The topological polar surface area (TPSA) is 66.8 Å². The van der Waals surface area contributed by atoms with Gasteiger partial charge in [-0.1, -0.05) is 66.7 Å². The smallest absolute Gasteiger partial charge is 0.246 e. The van der Waals surface area contributed by atoms with Gasteiger partial charge in [-0.2, -0.15) is 0 Å². The van der Waals surface area contributed by atoms with Crippen LogP contribution < -0.4 is 9.64 Å². The summed E-state index contributed by atoms with van der Waals surface area (Å²) in [6, 6.07) is 21.0. The molecule has 3 aromatic carbocycles. The normalized spacial score (nSPS) is 23.6. The number of hydrogen-bond acceptors (Lipinski definition) is 4. The van der Waals surface area contributed by atoms with Crippen LogP contribution in [0.2, 0.25) is 5.02 Å². The number of methoxy groups -OCH3 is 1. The van der Waals surface area contributed by atoms with Crippen LogP contribution in [-0.4, -0.2) is 24.0 Å². The van der Waals surface area contributed by atoms with Gasteiger partial charge in [-0.15, -0.1) is 0 Å². The summed E-state index contributed by atoms with van der Waals surface area (Å²) in [6.07, 6.45) is 4.00. The third kappa shape index (κ3) is 3.38. The first-order valence-electron chi connectivity index (χ1n) is 11.3. The van der Waals surface area contributed by atoms with Gasteiger partial charge < -0.3 is 9.84 Å². The fourth-order valence-electron chi connectivity index (χ4n) is 5.61. The van der Waals surface area contributed by atoms with E-state index in [2.05, 4.69) is 6.58 Å². The van der Waals surface area contributed by atoms with E-state index in [1.807, 2.05) is 36.4 Å². The van der Waals surface area contributed by atoms with Crippen LogP contribution in [-0.2, 0) is 15.0 Å². The molecule has 0 spiro atoms. The fourth-order valence-corrected chi connectivity index (χ4v) is 5.80. The third-order valence-corrected chi connectivity index (χ3v) is 7.34. The van der Waals surface area contributed by atoms with Crippen molar-refractivity contribution in [2.24, 2.45) is 5.92 Å². The van der Waals surface area contributed by atoms with Gasteiger partial charge in [0, 0.05) is 16.5 Å². The minimum absolute atomic E-state index is 0.0148. The minimum Gasteiger partial charge on any atom is -0.508 e. The number of halogens is 1. The zero-order valence-electron chi connectivity index (χ0n) is 19.1. The molecule has 2 amide bonds. The Labute approximate surface area is 208 Å². The third-order valence-electron chi connectivity index (χ3n) is 7.10. The quantitative estimate of drug-likeness (QED) is 0.465. The number of carbonyl (C=O) groups excluding carboxylic acids is 2. The molecule has 3 aromatic rings. The Balaban J connectivity index is 1.83. The zero-order chi connectivity index (χ0) is 24.7. The van der Waals surface area contributed by atoms with Crippen LogP contribution in [0.25, 0.3) is 0 Å². The lowest BCUT2D eigenvalue weighted by Gasteiger charge is -2.43. The molecule has 0 saturated carbocycles. The number of ether oxygens (including phenoxy) is 1. The maximum absolute atomic E-state index is 14.6. The number of phenolic OH excluding ortho intramolecular Hbond substituents is 1. The fraction of sp³-hybridized carbons (Fsp3) is 0.172. The number of aromatic hydroxyl groups is 1. The summed E-state index contributed by atoms with van der Waals surface area (Å²) in [4.78, 5) is 29.8. The maximum atomic E-state index is 14.6. The molecule has 6 heteroatoms. The van der Waals surface area contributed by atoms with Crippen molar-refractivity contribution in [3.63, 3.8) is 0 Å². The van der Waals surface area contributed by atoms with Crippen molar-refractivity contribution in [2.75, 3.05) is 12.0 Å². The zero-order valence-corrected chi connectivity index (χ0v) is 19.9. The molecule has 1 N–H and O–H groups in total. The second kappa shape index (κ2) is 8.75. The van der Waals surface area contributed by atoms with Gasteiger partial charge in [-0.05, 0) is 54.0 Å². The molecule has 3 atom stereocenters. The molecule has 5 nitrogen and oxygen atoms in total. The molecule has 1 saturated heterocycles. The molecule has 0 aromatic heterocycles. The van der Waals surface area contributed by atoms with Gasteiger partial charge in [0.2, 0.25) is 11.8 Å². The van der Waals surface area contributed by atoms with E-state index in [4.69, 9.17) is 16.3 Å². The SMILES string of the molecule is C=CC1=CC[C@H]2C(=O)N(c3cccc(Cl)c3)C(=O)[C@@]2(c2ccccc2)[C@H]1c1cc(OC)ccc1O. The molecule has 5 rings (SSSR count). The molecule has 1 heterocycles. The van der Waals surface area contributed by atoms with Crippen LogP contribution in [0.4, 0.5) is 5.69 Å². The van der Waals surface area contributed by atoms with Gasteiger partial charge in [-0.3, -0.25) is 9.59 Å². The van der Waals surface area contributed by atoms with Crippen LogP contribution in [0, 0.1) is 5.92 Å². The first-order chi connectivity index (χ1) is 16.9. The summed E-state index contributed by atoms with van der Waals surface area (Å²) >= 11 is 6.23. The highest BCUT2D eigenvalue weighted by atomic mass is 35.5. The number of rotatable bonds is 5. The predicted molar refractivity (Wildman–Crippen MR) is 136 cm³/mol. The molecule has 0 unspecified atom stereocenters. The number of anilines is 1. The molecule has 0 radical (unpaired) electrons. The summed E-state index contributed by atoms with van der Waals surface area (Å²) in [5.41, 5.74) is 1.09. The van der Waals surface area contributed by atoms with Crippen LogP contribution in [0.15, 0.2) is 97.1 Å². The lowest BCUT2D eigenvalue weighted by Crippen LogP contribution is -2.48. The molecule has 0 bridgehead atoms. The largest absolute Gasteiger partial charge is 0.508 e. The average Bonchev–Trinajstić information content (AvgIpc) is 3.11. The number of allylic oxidation sites excluding steroid dienone is 3. The number of fused-ring (bicyclic) bond motifs is 1. The van der Waals surface area contributed by atoms with Gasteiger partial charge >= 0.3 is 0 Å². The minimum atomic E-state index is -1.30. The summed E-state index contributed by atoms with van der Waals surface area (Å²) in [5.74, 6) is -1.46. The van der Waals surface area contributed by atoms with Crippen LogP contribution in [0.1, 0.15) is 23.5 Å². The first kappa shape index (κ1) is 22.9. The Morgan fingerprint density at radius 1 is 1.09 bits per heavy atom. The van der Waals surface area contributed by atoms with E-state index in [0.717, 1.165) is 5.57 Å². The number of benzene rings is 3. The number of nitrogens with zero attached hydrogens (tertiary/aromatic N) is 1. The van der Waals surface area contributed by atoms with Gasteiger partial charge in [-0.25, -0.2) is 4.90 Å². The molecule has 2 aliphatic rings. The Bertz CT molecular complexity index is 1370. The molecule has 176 valence electrons. The van der Waals surface area contributed by atoms with Crippen LogP contribution >= 0.6 is 11.6 Å². The summed E-state index contributed by atoms with van der Waals surface area (Å²) in [5, 5.41) is 11.4. The van der Waals surface area contributed by atoms with Crippen molar-refractivity contribution in [3.8, 4) is 11.5 Å². The Kier molecular flexibility index (Phi) is 5.73. The summed E-state index contributed by atoms with van der Waals surface area (Å²) < 4.78 is 5.44. The molecule has 1 aliphatic heterocycles. The second-order valence-corrected chi connectivity index (χ2v) is 9.18. The monoisotopic (exact) mass is 485 g/mol. The van der Waals surface area contributed by atoms with E-state index in [9.17, 15) is 14.7 Å². The van der Waals surface area contributed by atoms with Crippen molar-refractivity contribution in [1.82, 2.24) is 0 Å². The van der Waals surface area contributed by atoms with Crippen LogP contribution in [0.3, 0.4) is 0 Å². The highest BCUT2D eigenvalue weighted by Gasteiger charge is 2.66. The molecular formula is C29H24ClNO4. The maximum Gasteiger partial charge on any atom is 0.246 e. The van der Waals surface area contributed by atoms with Crippen molar-refractivity contribution < 1.29 is 19.4 Å². The first-order valence-corrected chi connectivity index (χ1v) is 11.7. The number of hydrogen-bond donors (Lipinski definition) is 1. The lowest BCUT2D eigenvalue weighted by molar-refractivity contribution is -0.123. The second-order valence-electron chi connectivity index (χ2n) is 8.75. The average molecular weight is 486 g/mol. The van der Waals surface area contributed by atoms with Gasteiger partial charge in [0.1, 0.15) is 11.5 Å². The predicted octanol–water partition coefficient (Wildman–Crippen LogP) is 5.78. The molecular weight excluding hydrogens is 462 g/mol.